The van der Waals surface area contributed by atoms with Crippen LogP contribution in [0.4, 0.5) is 11.6 Å². The highest BCUT2D eigenvalue weighted by atomic mass is 35.5. The van der Waals surface area contributed by atoms with E-state index in [0.29, 0.717) is 11.4 Å². The molecule has 0 aliphatic carbocycles. The molecule has 1 atom stereocenters. The van der Waals surface area contributed by atoms with E-state index in [4.69, 9.17) is 0 Å². The molecule has 0 amide bonds. The van der Waals surface area contributed by atoms with Crippen molar-refractivity contribution in [3.05, 3.63) is 28.3 Å². The van der Waals surface area contributed by atoms with Gasteiger partial charge in [-0.05, 0) is 37.9 Å². The van der Waals surface area contributed by atoms with Crippen molar-refractivity contribution in [3.8, 4) is 0 Å². The summed E-state index contributed by atoms with van der Waals surface area (Å²) in [7, 11) is 2.00. The average Bonchev–Trinajstić information content (AvgIpc) is 2.91. The number of fused-ring (bicyclic) bond motifs is 1. The van der Waals surface area contributed by atoms with Crippen molar-refractivity contribution >= 4 is 35.1 Å². The zero-order valence-electron chi connectivity index (χ0n) is 12.4. The zero-order chi connectivity index (χ0) is 14.8. The first-order chi connectivity index (χ1) is 10.1. The number of halogens is 1. The number of anilines is 1. The maximum Gasteiger partial charge on any atom is 0.271 e. The van der Waals surface area contributed by atoms with E-state index in [0.717, 1.165) is 31.1 Å². The molecule has 22 heavy (non-hydrogen) atoms. The Labute approximate surface area is 134 Å². The molecule has 7 nitrogen and oxygen atoms in total. The number of H-pyrrole nitrogens is 1. The number of imidazole rings is 1. The number of aromatic amines is 1. The van der Waals surface area contributed by atoms with Gasteiger partial charge in [-0.2, -0.15) is 0 Å². The summed E-state index contributed by atoms with van der Waals surface area (Å²) in [6.45, 7) is 3.07. The molecule has 0 spiro atoms. The fourth-order valence-electron chi connectivity index (χ4n) is 2.83. The van der Waals surface area contributed by atoms with Gasteiger partial charge in [0.25, 0.3) is 5.69 Å². The van der Waals surface area contributed by atoms with E-state index in [-0.39, 0.29) is 18.1 Å². The van der Waals surface area contributed by atoms with E-state index in [9.17, 15) is 10.1 Å². The largest absolute Gasteiger partial charge is 0.345 e. The van der Waals surface area contributed by atoms with E-state index in [2.05, 4.69) is 20.2 Å². The van der Waals surface area contributed by atoms with Gasteiger partial charge < -0.3 is 15.2 Å². The molecule has 1 aliphatic heterocycles. The number of nitro groups is 1. The summed E-state index contributed by atoms with van der Waals surface area (Å²) < 4.78 is 0. The number of hydrogen-bond acceptors (Lipinski definition) is 5. The van der Waals surface area contributed by atoms with Crippen molar-refractivity contribution in [2.75, 3.05) is 31.6 Å². The molecule has 1 saturated heterocycles. The highest BCUT2D eigenvalue weighted by molar-refractivity contribution is 5.85. The summed E-state index contributed by atoms with van der Waals surface area (Å²) in [4.78, 5) is 20.2. The Balaban J connectivity index is 0.00000176. The maximum absolute atomic E-state index is 10.8. The second kappa shape index (κ2) is 6.93. The predicted octanol–water partition coefficient (Wildman–Crippen LogP) is 2.33. The van der Waals surface area contributed by atoms with Crippen molar-refractivity contribution < 1.29 is 4.92 Å². The number of rotatable bonds is 4. The Hall–Kier alpha value is -1.86. The van der Waals surface area contributed by atoms with Crippen molar-refractivity contribution in [1.82, 2.24) is 15.3 Å². The summed E-state index contributed by atoms with van der Waals surface area (Å²) in [5, 5.41) is 14.2. The van der Waals surface area contributed by atoms with Crippen LogP contribution in [0, 0.1) is 16.0 Å². The molecule has 3 rings (SSSR count). The van der Waals surface area contributed by atoms with Gasteiger partial charge in [-0.25, -0.2) is 4.98 Å². The highest BCUT2D eigenvalue weighted by Crippen LogP contribution is 2.22. The van der Waals surface area contributed by atoms with Crippen LogP contribution in [0.15, 0.2) is 18.2 Å². The first-order valence-electron chi connectivity index (χ1n) is 7.19. The molecular formula is C14H20ClN5O2. The summed E-state index contributed by atoms with van der Waals surface area (Å²) >= 11 is 0. The third-order valence-corrected chi connectivity index (χ3v) is 3.96. The number of piperidine rings is 1. The molecule has 1 unspecified atom stereocenters. The Morgan fingerprint density at radius 2 is 2.32 bits per heavy atom. The minimum absolute atomic E-state index is 0. The number of benzene rings is 1. The van der Waals surface area contributed by atoms with Gasteiger partial charge in [0.05, 0.1) is 16.0 Å². The van der Waals surface area contributed by atoms with Crippen LogP contribution >= 0.6 is 12.4 Å². The number of nitro benzene ring substituents is 1. The third-order valence-electron chi connectivity index (χ3n) is 3.96. The molecular weight excluding hydrogens is 306 g/mol. The maximum atomic E-state index is 10.8. The van der Waals surface area contributed by atoms with Crippen LogP contribution in [-0.4, -0.2) is 41.6 Å². The number of hydrogen-bond donors (Lipinski definition) is 2. The molecule has 120 valence electrons. The quantitative estimate of drug-likeness (QED) is 0.665. The van der Waals surface area contributed by atoms with Gasteiger partial charge in [0.15, 0.2) is 0 Å². The molecule has 8 heteroatoms. The van der Waals surface area contributed by atoms with E-state index >= 15 is 0 Å². The average molecular weight is 326 g/mol. The second-order valence-electron chi connectivity index (χ2n) is 5.61. The number of nitrogens with one attached hydrogen (secondary N) is 2. The monoisotopic (exact) mass is 325 g/mol. The lowest BCUT2D eigenvalue weighted by Gasteiger charge is -2.27. The molecule has 1 fully saturated rings. The van der Waals surface area contributed by atoms with Gasteiger partial charge in [0, 0.05) is 25.7 Å². The van der Waals surface area contributed by atoms with E-state index < -0.39 is 4.92 Å². The second-order valence-corrected chi connectivity index (χ2v) is 5.61. The Kier molecular flexibility index (Phi) is 5.20. The predicted molar refractivity (Wildman–Crippen MR) is 88.9 cm³/mol. The Bertz CT molecular complexity index is 654. The number of nitrogens with zero attached hydrogens (tertiary/aromatic N) is 3. The van der Waals surface area contributed by atoms with E-state index in [1.807, 2.05) is 7.05 Å². The van der Waals surface area contributed by atoms with Crippen LogP contribution in [0.2, 0.25) is 0 Å². The summed E-state index contributed by atoms with van der Waals surface area (Å²) in [5.74, 6) is 1.38. The first-order valence-corrected chi connectivity index (χ1v) is 7.19. The van der Waals surface area contributed by atoms with E-state index in [1.54, 1.807) is 6.07 Å². The highest BCUT2D eigenvalue weighted by Gasteiger charge is 2.17. The van der Waals surface area contributed by atoms with Crippen LogP contribution in [0.1, 0.15) is 12.8 Å². The van der Waals surface area contributed by atoms with Crippen LogP contribution in [0.25, 0.3) is 11.0 Å². The van der Waals surface area contributed by atoms with Crippen LogP contribution in [0.3, 0.4) is 0 Å². The van der Waals surface area contributed by atoms with Crippen LogP contribution in [0.5, 0.6) is 0 Å². The zero-order valence-corrected chi connectivity index (χ0v) is 13.2. The molecule has 0 radical (unpaired) electrons. The number of non-ortho nitro benzene ring substituents is 1. The van der Waals surface area contributed by atoms with E-state index in [1.165, 1.54) is 25.0 Å². The lowest BCUT2D eigenvalue weighted by atomic mass is 9.99. The van der Waals surface area contributed by atoms with Crippen molar-refractivity contribution in [1.29, 1.82) is 0 Å². The lowest BCUT2D eigenvalue weighted by molar-refractivity contribution is -0.384. The summed E-state index contributed by atoms with van der Waals surface area (Å²) in [6.07, 6.45) is 2.44. The molecule has 0 bridgehead atoms. The Morgan fingerprint density at radius 3 is 3.00 bits per heavy atom. The first kappa shape index (κ1) is 16.5. The summed E-state index contributed by atoms with van der Waals surface area (Å²) in [5.41, 5.74) is 1.54. The minimum Gasteiger partial charge on any atom is -0.345 e. The molecule has 1 aromatic carbocycles. The van der Waals surface area contributed by atoms with Crippen molar-refractivity contribution in [3.63, 3.8) is 0 Å². The van der Waals surface area contributed by atoms with Crippen LogP contribution < -0.4 is 10.2 Å². The lowest BCUT2D eigenvalue weighted by Crippen LogP contribution is -2.37. The Morgan fingerprint density at radius 1 is 1.50 bits per heavy atom. The van der Waals surface area contributed by atoms with Crippen molar-refractivity contribution in [2.45, 2.75) is 12.8 Å². The third kappa shape index (κ3) is 3.48. The fourth-order valence-corrected chi connectivity index (χ4v) is 2.83. The van der Waals surface area contributed by atoms with Gasteiger partial charge in [-0.1, -0.05) is 0 Å². The van der Waals surface area contributed by atoms with Gasteiger partial charge in [0.1, 0.15) is 0 Å². The van der Waals surface area contributed by atoms with Crippen molar-refractivity contribution in [2.24, 2.45) is 5.92 Å². The van der Waals surface area contributed by atoms with Crippen LogP contribution in [-0.2, 0) is 0 Å². The molecule has 0 saturated carbocycles. The molecule has 1 aromatic heterocycles. The standard InChI is InChI=1S/C14H19N5O2.ClH/c1-18(9-10-3-2-6-15-8-10)14-16-12-5-4-11(19(20)21)7-13(12)17-14;/h4-5,7,10,15H,2-3,6,8-9H2,1H3,(H,16,17);1H. The molecule has 2 aromatic rings. The molecule has 1 aliphatic rings. The van der Waals surface area contributed by atoms with Gasteiger partial charge in [0.2, 0.25) is 5.95 Å². The number of aromatic nitrogens is 2. The smallest absolute Gasteiger partial charge is 0.271 e. The summed E-state index contributed by atoms with van der Waals surface area (Å²) in [6, 6.07) is 4.70. The fraction of sp³-hybridized carbons (Fsp3) is 0.500. The minimum atomic E-state index is -0.392. The SMILES string of the molecule is CN(CC1CCCNC1)c1nc2ccc([N+](=O)[O-])cc2[nH]1.Cl. The molecule has 2 heterocycles. The van der Waals surface area contributed by atoms with Gasteiger partial charge in [-0.3, -0.25) is 10.1 Å². The van der Waals surface area contributed by atoms with Gasteiger partial charge in [-0.15, -0.1) is 12.4 Å². The molecule has 2 N–H and O–H groups in total. The van der Waals surface area contributed by atoms with Gasteiger partial charge >= 0.3 is 0 Å². The topological polar surface area (TPSA) is 87.1 Å². The normalized spacial score (nSPS) is 18.0.